The Morgan fingerprint density at radius 3 is 2.68 bits per heavy atom. The zero-order valence-corrected chi connectivity index (χ0v) is 24.2. The lowest BCUT2D eigenvalue weighted by molar-refractivity contribution is 0.122. The predicted octanol–water partition coefficient (Wildman–Crippen LogP) is 3.44. The predicted molar refractivity (Wildman–Crippen MR) is 160 cm³/mol. The van der Waals surface area contributed by atoms with Gasteiger partial charge in [0.1, 0.15) is 17.4 Å². The Morgan fingerprint density at radius 2 is 1.90 bits per heavy atom. The molecular formula is C29H37N7O4S. The van der Waals surface area contributed by atoms with E-state index in [4.69, 9.17) is 14.5 Å². The fourth-order valence-corrected chi connectivity index (χ4v) is 6.34. The molecule has 41 heavy (non-hydrogen) atoms. The molecule has 0 unspecified atom stereocenters. The number of hydrogen-bond acceptors (Lipinski definition) is 10. The topological polar surface area (TPSA) is 131 Å². The van der Waals surface area contributed by atoms with Crippen molar-refractivity contribution >= 4 is 38.2 Å². The monoisotopic (exact) mass is 579 g/mol. The highest BCUT2D eigenvalue weighted by Crippen LogP contribution is 2.35. The molecule has 0 bridgehead atoms. The molecule has 0 spiro atoms. The number of aromatic nitrogens is 3. The maximum atomic E-state index is 11.8. The fraction of sp³-hybridized carbons (Fsp3) is 0.483. The van der Waals surface area contributed by atoms with Crippen LogP contribution in [0, 0.1) is 5.92 Å². The summed E-state index contributed by atoms with van der Waals surface area (Å²) in [6.07, 6.45) is 9.48. The van der Waals surface area contributed by atoms with Gasteiger partial charge in [0.05, 0.1) is 42.3 Å². The van der Waals surface area contributed by atoms with Gasteiger partial charge in [-0.25, -0.2) is 13.4 Å². The summed E-state index contributed by atoms with van der Waals surface area (Å²) >= 11 is 0. The van der Waals surface area contributed by atoms with Crippen LogP contribution < -0.4 is 25.0 Å². The number of fused-ring (bicyclic) bond motifs is 2. The molecule has 2 aliphatic heterocycles. The number of rotatable bonds is 8. The number of morpholine rings is 1. The van der Waals surface area contributed by atoms with E-state index in [1.165, 1.54) is 17.3 Å². The van der Waals surface area contributed by atoms with Crippen LogP contribution in [-0.2, 0) is 27.7 Å². The second kappa shape index (κ2) is 11.8. The van der Waals surface area contributed by atoms with Crippen LogP contribution in [-0.4, -0.2) is 68.5 Å². The summed E-state index contributed by atoms with van der Waals surface area (Å²) < 4.78 is 38.1. The van der Waals surface area contributed by atoms with Crippen molar-refractivity contribution in [3.05, 3.63) is 54.1 Å². The molecule has 1 saturated carbocycles. The first-order valence-corrected chi connectivity index (χ1v) is 16.1. The van der Waals surface area contributed by atoms with Gasteiger partial charge in [-0.05, 0) is 61.9 Å². The van der Waals surface area contributed by atoms with Crippen LogP contribution >= 0.6 is 0 Å². The van der Waals surface area contributed by atoms with Crippen molar-refractivity contribution in [3.63, 3.8) is 0 Å². The number of nitrogens with zero attached hydrogens (tertiary/aromatic N) is 4. The summed E-state index contributed by atoms with van der Waals surface area (Å²) in [6.45, 7) is 8.89. The summed E-state index contributed by atoms with van der Waals surface area (Å²) in [5.41, 5.74) is 3.69. The lowest BCUT2D eigenvalue weighted by Gasteiger charge is -2.31. The molecule has 0 atom stereocenters. The highest BCUT2D eigenvalue weighted by atomic mass is 32.2. The maximum Gasteiger partial charge on any atom is 0.230 e. The van der Waals surface area contributed by atoms with Gasteiger partial charge in [0.2, 0.25) is 15.9 Å². The van der Waals surface area contributed by atoms with E-state index in [-0.39, 0.29) is 5.92 Å². The lowest BCUT2D eigenvalue weighted by Crippen LogP contribution is -2.36. The molecule has 6 rings (SSSR count). The van der Waals surface area contributed by atoms with Gasteiger partial charge in [-0.3, -0.25) is 9.71 Å². The minimum Gasteiger partial charge on any atom is -0.443 e. The van der Waals surface area contributed by atoms with Crippen molar-refractivity contribution in [3.8, 4) is 5.88 Å². The third-order valence-corrected chi connectivity index (χ3v) is 8.61. The number of ether oxygens (including phenoxy) is 2. The molecule has 5 heterocycles. The molecule has 1 aliphatic carbocycles. The zero-order valence-electron chi connectivity index (χ0n) is 23.4. The average Bonchev–Trinajstić information content (AvgIpc) is 2.97. The highest BCUT2D eigenvalue weighted by molar-refractivity contribution is 7.92. The van der Waals surface area contributed by atoms with Crippen LogP contribution in [0.2, 0.25) is 0 Å². The van der Waals surface area contributed by atoms with E-state index in [9.17, 15) is 8.42 Å². The third kappa shape index (κ3) is 6.71. The van der Waals surface area contributed by atoms with Gasteiger partial charge < -0.3 is 25.0 Å². The molecule has 2 fully saturated rings. The van der Waals surface area contributed by atoms with E-state index in [2.05, 4.69) is 42.9 Å². The Hall–Kier alpha value is -3.48. The maximum absolute atomic E-state index is 11.8. The van der Waals surface area contributed by atoms with E-state index in [1.54, 1.807) is 6.07 Å². The van der Waals surface area contributed by atoms with E-state index in [1.807, 2.05) is 12.3 Å². The number of hydrogen-bond donors (Lipinski definition) is 3. The van der Waals surface area contributed by atoms with Crippen LogP contribution in [0.4, 0.5) is 17.3 Å². The van der Waals surface area contributed by atoms with Gasteiger partial charge in [-0.15, -0.1) is 0 Å². The van der Waals surface area contributed by atoms with Crippen LogP contribution in [0.5, 0.6) is 5.88 Å². The van der Waals surface area contributed by atoms with Gasteiger partial charge in [-0.2, -0.15) is 4.98 Å². The van der Waals surface area contributed by atoms with Crippen molar-refractivity contribution in [2.45, 2.75) is 44.7 Å². The Balaban J connectivity index is 1.16. The van der Waals surface area contributed by atoms with Crippen molar-refractivity contribution in [1.29, 1.82) is 0 Å². The summed E-state index contributed by atoms with van der Waals surface area (Å²) in [6, 6.07) is 6.17. The van der Waals surface area contributed by atoms with Crippen molar-refractivity contribution < 1.29 is 17.9 Å². The molecule has 0 aromatic carbocycles. The molecule has 3 aliphatic rings. The minimum atomic E-state index is -3.46. The highest BCUT2D eigenvalue weighted by Gasteiger charge is 2.26. The minimum absolute atomic E-state index is 0.185. The average molecular weight is 580 g/mol. The number of pyridine rings is 3. The van der Waals surface area contributed by atoms with Crippen LogP contribution in [0.3, 0.4) is 0 Å². The molecule has 3 aromatic heterocycles. The van der Waals surface area contributed by atoms with E-state index in [0.717, 1.165) is 76.2 Å². The van der Waals surface area contributed by atoms with Crippen LogP contribution in [0.25, 0.3) is 10.9 Å². The smallest absolute Gasteiger partial charge is 0.230 e. The van der Waals surface area contributed by atoms with E-state index in [0.29, 0.717) is 47.5 Å². The first-order valence-electron chi connectivity index (χ1n) is 14.2. The van der Waals surface area contributed by atoms with Gasteiger partial charge in [0.25, 0.3) is 0 Å². The number of anilines is 3. The number of allylic oxidation sites excluding steroid dienone is 1. The SMILES string of the molecule is C=C(Oc1nc(N2CCOCC2)cc2ncc(NS(C)(=O)=O)cc12)C1CCC(Nc2cc3c(cn2)CNCC3)CC1. The molecule has 3 aromatic rings. The fourth-order valence-electron chi connectivity index (χ4n) is 5.80. The largest absolute Gasteiger partial charge is 0.443 e. The summed E-state index contributed by atoms with van der Waals surface area (Å²) in [4.78, 5) is 16.2. The molecule has 1 saturated heterocycles. The first kappa shape index (κ1) is 27.7. The van der Waals surface area contributed by atoms with Crippen molar-refractivity contribution in [2.24, 2.45) is 5.92 Å². The lowest BCUT2D eigenvalue weighted by atomic mass is 9.85. The standard InChI is InChI=1S/C29H37N7O4S/c1-19(20-3-5-23(6-4-20)33-27-13-21-7-8-30-16-22(21)17-32-27)40-29-25-14-24(35-41(2,37)38)18-31-26(25)15-28(34-29)36-9-11-39-12-10-36/h13-15,17-18,20,23,30,35H,1,3-12,16H2,2H3,(H,32,33). The molecule has 12 heteroatoms. The molecule has 0 radical (unpaired) electrons. The van der Waals surface area contributed by atoms with E-state index < -0.39 is 10.0 Å². The van der Waals surface area contributed by atoms with Crippen LogP contribution in [0.1, 0.15) is 36.8 Å². The Labute approximate surface area is 240 Å². The van der Waals surface area contributed by atoms with Gasteiger partial charge >= 0.3 is 0 Å². The Kier molecular flexibility index (Phi) is 7.96. The summed E-state index contributed by atoms with van der Waals surface area (Å²) in [7, 11) is -3.46. The molecular weight excluding hydrogens is 542 g/mol. The van der Waals surface area contributed by atoms with Gasteiger partial charge in [-0.1, -0.05) is 6.58 Å². The quantitative estimate of drug-likeness (QED) is 0.341. The van der Waals surface area contributed by atoms with Gasteiger partial charge in [0, 0.05) is 43.9 Å². The second-order valence-corrected chi connectivity index (χ2v) is 12.8. The summed E-state index contributed by atoms with van der Waals surface area (Å²) in [5.74, 6) is 2.93. The number of sulfonamides is 1. The zero-order chi connectivity index (χ0) is 28.4. The summed E-state index contributed by atoms with van der Waals surface area (Å²) in [5, 5.41) is 7.66. The van der Waals surface area contributed by atoms with Crippen LogP contribution in [0.15, 0.2) is 42.9 Å². The van der Waals surface area contributed by atoms with Crippen molar-refractivity contribution in [1.82, 2.24) is 20.3 Å². The Bertz CT molecular complexity index is 1530. The molecule has 11 nitrogen and oxygen atoms in total. The normalized spacial score (nSPS) is 21.2. The van der Waals surface area contributed by atoms with Crippen molar-refractivity contribution in [2.75, 3.05) is 54.0 Å². The van der Waals surface area contributed by atoms with Gasteiger partial charge in [0.15, 0.2) is 0 Å². The van der Waals surface area contributed by atoms with E-state index >= 15 is 0 Å². The third-order valence-electron chi connectivity index (χ3n) is 8.00. The molecule has 3 N–H and O–H groups in total. The molecule has 218 valence electrons. The second-order valence-electron chi connectivity index (χ2n) is 11.1. The Morgan fingerprint density at radius 1 is 1.10 bits per heavy atom. The molecule has 0 amide bonds. The number of nitrogens with one attached hydrogen (secondary N) is 3. The first-order chi connectivity index (χ1) is 19.8.